The van der Waals surface area contributed by atoms with Crippen LogP contribution in [0, 0.1) is 34.0 Å². The number of esters is 1. The van der Waals surface area contributed by atoms with Crippen molar-refractivity contribution in [1.82, 2.24) is 0 Å². The summed E-state index contributed by atoms with van der Waals surface area (Å²) in [6, 6.07) is 0. The molecular weight excluding hydrogens is 364 g/mol. The summed E-state index contributed by atoms with van der Waals surface area (Å²) >= 11 is 0. The molecule has 7 atom stereocenters. The van der Waals surface area contributed by atoms with Gasteiger partial charge in [0.05, 0.1) is 6.10 Å². The summed E-state index contributed by atoms with van der Waals surface area (Å²) in [5.74, 6) is 0.946. The molecule has 29 heavy (non-hydrogen) atoms. The van der Waals surface area contributed by atoms with Gasteiger partial charge in [0.15, 0.2) is 12.4 Å². The van der Waals surface area contributed by atoms with Crippen LogP contribution in [0.25, 0.3) is 0 Å². The molecule has 2 saturated carbocycles. The topological polar surface area (TPSA) is 63.6 Å². The lowest BCUT2D eigenvalue weighted by molar-refractivity contribution is -0.153. The molecule has 4 aliphatic carbocycles. The summed E-state index contributed by atoms with van der Waals surface area (Å²) in [5.41, 5.74) is 2.47. The Kier molecular flexibility index (Phi) is 4.88. The highest BCUT2D eigenvalue weighted by molar-refractivity contribution is 5.88. The van der Waals surface area contributed by atoms with Gasteiger partial charge in [-0.3, -0.25) is 9.59 Å². The minimum Gasteiger partial charge on any atom is -0.458 e. The summed E-state index contributed by atoms with van der Waals surface area (Å²) in [6.45, 7) is 10.3. The second-order valence-electron chi connectivity index (χ2n) is 10.7. The Bertz CT molecular complexity index is 795. The molecule has 1 N–H and O–H groups in total. The maximum atomic E-state index is 13.3. The monoisotopic (exact) mass is 400 g/mol. The lowest BCUT2D eigenvalue weighted by atomic mass is 9.48. The number of carbonyl (C=O) groups is 2. The van der Waals surface area contributed by atoms with E-state index in [0.29, 0.717) is 11.8 Å². The Balaban J connectivity index is 1.69. The lowest BCUT2D eigenvalue weighted by Crippen LogP contribution is -2.51. The van der Waals surface area contributed by atoms with Crippen molar-refractivity contribution in [2.45, 2.75) is 79.2 Å². The molecular formula is C25H36O4. The van der Waals surface area contributed by atoms with Crippen molar-refractivity contribution in [3.63, 3.8) is 0 Å². The first-order chi connectivity index (χ1) is 13.5. The van der Waals surface area contributed by atoms with Gasteiger partial charge in [-0.15, -0.1) is 0 Å². The summed E-state index contributed by atoms with van der Waals surface area (Å²) in [6.07, 6.45) is 10.2. The van der Waals surface area contributed by atoms with E-state index in [0.717, 1.165) is 38.5 Å². The zero-order valence-corrected chi connectivity index (χ0v) is 18.6. The van der Waals surface area contributed by atoms with E-state index in [1.165, 1.54) is 12.5 Å². The van der Waals surface area contributed by atoms with Gasteiger partial charge in [-0.25, -0.2) is 0 Å². The SMILES string of the molecule is CC(=O)OCC(=O)[C@@]1(C)[C@H](C)CC2C3CCC4=CC(O)CC[C@]4(C)C3=CC[C@@]21C. The quantitative estimate of drug-likeness (QED) is 0.555. The smallest absolute Gasteiger partial charge is 0.303 e. The number of fused-ring (bicyclic) bond motifs is 5. The van der Waals surface area contributed by atoms with Crippen LogP contribution in [0.2, 0.25) is 0 Å². The van der Waals surface area contributed by atoms with Crippen LogP contribution >= 0.6 is 0 Å². The van der Waals surface area contributed by atoms with Gasteiger partial charge in [0, 0.05) is 17.8 Å². The summed E-state index contributed by atoms with van der Waals surface area (Å²) in [7, 11) is 0. The number of aliphatic hydroxyl groups is 1. The third-order valence-corrected chi connectivity index (χ3v) is 9.62. The predicted molar refractivity (Wildman–Crippen MR) is 112 cm³/mol. The largest absolute Gasteiger partial charge is 0.458 e. The number of hydrogen-bond donors (Lipinski definition) is 1. The number of rotatable bonds is 3. The first kappa shape index (κ1) is 20.8. The maximum absolute atomic E-state index is 13.3. The summed E-state index contributed by atoms with van der Waals surface area (Å²) in [4.78, 5) is 24.6. The van der Waals surface area contributed by atoms with Gasteiger partial charge in [-0.1, -0.05) is 51.0 Å². The van der Waals surface area contributed by atoms with Crippen molar-refractivity contribution in [3.8, 4) is 0 Å². The fourth-order valence-electron chi connectivity index (χ4n) is 7.48. The predicted octanol–water partition coefficient (Wildman–Crippen LogP) is 4.61. The minimum atomic E-state index is -0.477. The molecule has 4 aliphatic rings. The second-order valence-corrected chi connectivity index (χ2v) is 10.7. The number of carbonyl (C=O) groups excluding carboxylic acids is 2. The van der Waals surface area contributed by atoms with E-state index in [9.17, 15) is 14.7 Å². The second kappa shape index (κ2) is 6.80. The van der Waals surface area contributed by atoms with Gasteiger partial charge in [-0.2, -0.15) is 0 Å². The molecule has 0 heterocycles. The number of ketones is 1. The van der Waals surface area contributed by atoms with Crippen LogP contribution in [0.1, 0.15) is 73.1 Å². The average Bonchev–Trinajstić information content (AvgIpc) is 2.88. The number of hydrogen-bond acceptors (Lipinski definition) is 4. The van der Waals surface area contributed by atoms with E-state index in [1.807, 2.05) is 0 Å². The number of allylic oxidation sites excluding steroid dienone is 3. The molecule has 0 saturated heterocycles. The minimum absolute atomic E-state index is 0.0745. The molecule has 0 aromatic heterocycles. The van der Waals surface area contributed by atoms with Crippen molar-refractivity contribution < 1.29 is 19.4 Å². The average molecular weight is 401 g/mol. The van der Waals surface area contributed by atoms with Crippen molar-refractivity contribution in [2.24, 2.45) is 34.0 Å². The van der Waals surface area contributed by atoms with Gasteiger partial charge in [0.25, 0.3) is 0 Å². The van der Waals surface area contributed by atoms with E-state index < -0.39 is 5.41 Å². The molecule has 0 aromatic carbocycles. The third kappa shape index (κ3) is 2.81. The third-order valence-electron chi connectivity index (χ3n) is 9.62. The van der Waals surface area contributed by atoms with Crippen LogP contribution in [0.15, 0.2) is 23.3 Å². The zero-order chi connectivity index (χ0) is 21.2. The lowest BCUT2D eigenvalue weighted by Gasteiger charge is -2.55. The summed E-state index contributed by atoms with van der Waals surface area (Å²) < 4.78 is 5.12. The van der Waals surface area contributed by atoms with Crippen LogP contribution in [0.3, 0.4) is 0 Å². The molecule has 4 nitrogen and oxygen atoms in total. The van der Waals surface area contributed by atoms with Gasteiger partial charge >= 0.3 is 5.97 Å². The highest BCUT2D eigenvalue weighted by Gasteiger charge is 2.65. The molecule has 0 bridgehead atoms. The highest BCUT2D eigenvalue weighted by Crippen LogP contribution is 2.69. The normalized spacial score (nSPS) is 46.0. The molecule has 3 unspecified atom stereocenters. The fourth-order valence-corrected chi connectivity index (χ4v) is 7.48. The van der Waals surface area contributed by atoms with Gasteiger partial charge in [-0.05, 0) is 61.7 Å². The number of Topliss-reactive ketones (excluding diaryl/α,β-unsaturated/α-hetero) is 1. The number of aliphatic hydroxyl groups excluding tert-OH is 1. The van der Waals surface area contributed by atoms with Crippen LogP contribution in [-0.2, 0) is 14.3 Å². The molecule has 4 heteroatoms. The van der Waals surface area contributed by atoms with Crippen molar-refractivity contribution in [2.75, 3.05) is 6.61 Å². The van der Waals surface area contributed by atoms with E-state index >= 15 is 0 Å². The van der Waals surface area contributed by atoms with E-state index in [2.05, 4.69) is 39.8 Å². The van der Waals surface area contributed by atoms with Crippen molar-refractivity contribution >= 4 is 11.8 Å². The number of ether oxygens (including phenoxy) is 1. The van der Waals surface area contributed by atoms with Crippen LogP contribution in [0.4, 0.5) is 0 Å². The van der Waals surface area contributed by atoms with Gasteiger partial charge < -0.3 is 9.84 Å². The first-order valence-corrected chi connectivity index (χ1v) is 11.3. The Hall–Kier alpha value is -1.42. The molecule has 4 rings (SSSR count). The molecule has 2 fully saturated rings. The van der Waals surface area contributed by atoms with E-state index in [4.69, 9.17) is 4.74 Å². The van der Waals surface area contributed by atoms with Gasteiger partial charge in [0.1, 0.15) is 0 Å². The Morgan fingerprint density at radius 1 is 1.24 bits per heavy atom. The molecule has 0 aromatic rings. The van der Waals surface area contributed by atoms with Crippen LogP contribution < -0.4 is 0 Å². The van der Waals surface area contributed by atoms with E-state index in [-0.39, 0.29) is 41.2 Å². The maximum Gasteiger partial charge on any atom is 0.303 e. The summed E-state index contributed by atoms with van der Waals surface area (Å²) in [5, 5.41) is 10.1. The van der Waals surface area contributed by atoms with Crippen molar-refractivity contribution in [3.05, 3.63) is 23.3 Å². The molecule has 0 spiro atoms. The van der Waals surface area contributed by atoms with Crippen LogP contribution in [-0.4, -0.2) is 29.6 Å². The Morgan fingerprint density at radius 3 is 2.66 bits per heavy atom. The fraction of sp³-hybridized carbons (Fsp3) is 0.760. The molecule has 160 valence electrons. The van der Waals surface area contributed by atoms with E-state index in [1.54, 1.807) is 5.57 Å². The molecule has 0 amide bonds. The van der Waals surface area contributed by atoms with Gasteiger partial charge in [0.2, 0.25) is 0 Å². The van der Waals surface area contributed by atoms with Crippen molar-refractivity contribution in [1.29, 1.82) is 0 Å². The Morgan fingerprint density at radius 2 is 1.97 bits per heavy atom. The highest BCUT2D eigenvalue weighted by atomic mass is 16.5. The molecule has 0 aliphatic heterocycles. The molecule has 0 radical (unpaired) electrons. The van der Waals surface area contributed by atoms with Crippen LogP contribution in [0.5, 0.6) is 0 Å². The standard InChI is InChI=1S/C25H36O4/c1-15-12-21-19-7-6-17-13-18(27)8-10-23(17,3)20(19)9-11-24(21,4)25(15,5)22(28)14-29-16(2)26/h9,13,15,18-19,21,27H,6-8,10-12,14H2,1-5H3/t15-,18?,19?,21?,23+,24+,25-/m1/s1. The Labute approximate surface area is 174 Å². The first-order valence-electron chi connectivity index (χ1n) is 11.3. The zero-order valence-electron chi connectivity index (χ0n) is 18.6.